The molecule has 7 nitrogen and oxygen atoms in total. The van der Waals surface area contributed by atoms with Crippen molar-refractivity contribution in [1.29, 1.82) is 0 Å². The van der Waals surface area contributed by atoms with Crippen LogP contribution in [0.5, 0.6) is 0 Å². The normalized spacial score (nSPS) is 21.8. The number of likely N-dealkylation sites (tertiary alicyclic amines) is 1. The van der Waals surface area contributed by atoms with E-state index >= 15 is 0 Å². The molecule has 152 valence electrons. The van der Waals surface area contributed by atoms with E-state index in [1.807, 2.05) is 0 Å². The molecule has 2 aliphatic rings. The van der Waals surface area contributed by atoms with Crippen LogP contribution in [0.1, 0.15) is 19.3 Å². The molecule has 2 fully saturated rings. The Kier molecular flexibility index (Phi) is 5.19. The van der Waals surface area contributed by atoms with Crippen LogP contribution in [0.2, 0.25) is 0 Å². The molecule has 0 bridgehead atoms. The smallest absolute Gasteiger partial charge is 0.255 e. The summed E-state index contributed by atoms with van der Waals surface area (Å²) in [6, 6.07) is 8.39. The fourth-order valence-corrected chi connectivity index (χ4v) is 4.09. The summed E-state index contributed by atoms with van der Waals surface area (Å²) in [5.74, 6) is -0.465. The molecule has 8 heteroatoms. The van der Waals surface area contributed by atoms with Gasteiger partial charge in [-0.1, -0.05) is 6.07 Å². The van der Waals surface area contributed by atoms with Gasteiger partial charge in [0.05, 0.1) is 24.0 Å². The molecule has 3 N–H and O–H groups in total. The standard InChI is InChI=1S/C21H23FN4O3/c22-16-10-15(26-8-2-1-3-20(26)28)6-7-17(16)24-19(27)12-25-11-14(13-4-5-13)9-18(25)21(23)29/h1-3,6-8,10,13-14,18H,4-5,9,11-12H2,(H2,23,29)(H,24,27). The molecule has 2 unspecified atom stereocenters. The van der Waals surface area contributed by atoms with Crippen molar-refractivity contribution in [2.45, 2.75) is 25.3 Å². The minimum absolute atomic E-state index is 0.0177. The largest absolute Gasteiger partial charge is 0.368 e. The Morgan fingerprint density at radius 1 is 1.17 bits per heavy atom. The summed E-state index contributed by atoms with van der Waals surface area (Å²) < 4.78 is 15.8. The Morgan fingerprint density at radius 3 is 2.62 bits per heavy atom. The Bertz CT molecular complexity index is 1000. The lowest BCUT2D eigenvalue weighted by Gasteiger charge is -2.21. The van der Waals surface area contributed by atoms with Gasteiger partial charge in [-0.25, -0.2) is 4.39 Å². The van der Waals surface area contributed by atoms with Gasteiger partial charge in [0.2, 0.25) is 11.8 Å². The molecule has 1 aromatic heterocycles. The Hall–Kier alpha value is -3.00. The number of nitrogens with zero attached hydrogens (tertiary/aromatic N) is 2. The van der Waals surface area contributed by atoms with E-state index in [1.54, 1.807) is 29.3 Å². The van der Waals surface area contributed by atoms with Crippen molar-refractivity contribution < 1.29 is 14.0 Å². The number of carbonyl (C=O) groups excluding carboxylic acids is 2. The first-order chi connectivity index (χ1) is 13.9. The van der Waals surface area contributed by atoms with Crippen molar-refractivity contribution in [2.24, 2.45) is 17.6 Å². The highest BCUT2D eigenvalue weighted by Crippen LogP contribution is 2.43. The van der Waals surface area contributed by atoms with Gasteiger partial charge in [0.25, 0.3) is 5.56 Å². The van der Waals surface area contributed by atoms with Crippen LogP contribution in [0.25, 0.3) is 5.69 Å². The van der Waals surface area contributed by atoms with E-state index in [2.05, 4.69) is 5.32 Å². The molecule has 2 amide bonds. The zero-order chi connectivity index (χ0) is 20.5. The average Bonchev–Trinajstić information content (AvgIpc) is 3.44. The highest BCUT2D eigenvalue weighted by molar-refractivity contribution is 5.93. The quantitative estimate of drug-likeness (QED) is 0.771. The molecule has 29 heavy (non-hydrogen) atoms. The summed E-state index contributed by atoms with van der Waals surface area (Å²) in [6.45, 7) is 0.639. The molecule has 0 radical (unpaired) electrons. The van der Waals surface area contributed by atoms with Gasteiger partial charge in [-0.3, -0.25) is 23.9 Å². The zero-order valence-electron chi connectivity index (χ0n) is 15.9. The number of halogens is 1. The third-order valence-corrected chi connectivity index (χ3v) is 5.73. The van der Waals surface area contributed by atoms with Gasteiger partial charge in [0.15, 0.2) is 0 Å². The predicted octanol–water partition coefficient (Wildman–Crippen LogP) is 1.50. The number of nitrogens with two attached hydrogens (primary N) is 1. The van der Waals surface area contributed by atoms with E-state index in [-0.39, 0.29) is 17.8 Å². The van der Waals surface area contributed by atoms with Crippen LogP contribution >= 0.6 is 0 Å². The van der Waals surface area contributed by atoms with Gasteiger partial charge >= 0.3 is 0 Å². The van der Waals surface area contributed by atoms with Gasteiger partial charge in [-0.05, 0) is 49.3 Å². The molecule has 0 spiro atoms. The first-order valence-electron chi connectivity index (χ1n) is 9.73. The van der Waals surface area contributed by atoms with E-state index in [1.165, 1.54) is 22.8 Å². The second-order valence-corrected chi connectivity index (χ2v) is 7.80. The van der Waals surface area contributed by atoms with E-state index < -0.39 is 23.7 Å². The Balaban J connectivity index is 1.43. The summed E-state index contributed by atoms with van der Waals surface area (Å²) in [6.07, 6.45) is 4.56. The number of carbonyl (C=O) groups is 2. The van der Waals surface area contributed by atoms with Crippen LogP contribution in [0.15, 0.2) is 47.4 Å². The number of amides is 2. The van der Waals surface area contributed by atoms with Gasteiger partial charge < -0.3 is 11.1 Å². The molecular weight excluding hydrogens is 375 g/mol. The van der Waals surface area contributed by atoms with E-state index in [9.17, 15) is 18.8 Å². The third-order valence-electron chi connectivity index (χ3n) is 5.73. The number of rotatable bonds is 6. The zero-order valence-corrected chi connectivity index (χ0v) is 15.9. The third kappa shape index (κ3) is 4.22. The van der Waals surface area contributed by atoms with Gasteiger partial charge in [-0.15, -0.1) is 0 Å². The lowest BCUT2D eigenvalue weighted by Crippen LogP contribution is -2.43. The SMILES string of the molecule is NC(=O)C1CC(C2CC2)CN1CC(=O)Nc1ccc(-n2ccccc2=O)cc1F. The van der Waals surface area contributed by atoms with Crippen molar-refractivity contribution in [2.75, 3.05) is 18.4 Å². The maximum absolute atomic E-state index is 14.5. The number of primary amides is 1. The van der Waals surface area contributed by atoms with Crippen molar-refractivity contribution in [3.05, 3.63) is 58.8 Å². The van der Waals surface area contributed by atoms with Crippen LogP contribution in [0, 0.1) is 17.7 Å². The fraction of sp³-hybridized carbons (Fsp3) is 0.381. The number of hydrogen-bond donors (Lipinski definition) is 2. The molecule has 1 aliphatic heterocycles. The number of hydrogen-bond acceptors (Lipinski definition) is 4. The minimum Gasteiger partial charge on any atom is -0.368 e. The summed E-state index contributed by atoms with van der Waals surface area (Å²) >= 11 is 0. The maximum atomic E-state index is 14.5. The first-order valence-corrected chi connectivity index (χ1v) is 9.73. The summed E-state index contributed by atoms with van der Waals surface area (Å²) in [7, 11) is 0. The number of anilines is 1. The molecule has 2 aromatic rings. The second kappa shape index (κ2) is 7.79. The number of aromatic nitrogens is 1. The fourth-order valence-electron chi connectivity index (χ4n) is 4.09. The van der Waals surface area contributed by atoms with Crippen LogP contribution in [-0.2, 0) is 9.59 Å². The highest BCUT2D eigenvalue weighted by Gasteiger charge is 2.43. The topological polar surface area (TPSA) is 97.4 Å². The molecule has 1 saturated heterocycles. The molecule has 2 atom stereocenters. The van der Waals surface area contributed by atoms with Crippen LogP contribution in [0.3, 0.4) is 0 Å². The lowest BCUT2D eigenvalue weighted by atomic mass is 10.0. The van der Waals surface area contributed by atoms with E-state index in [0.29, 0.717) is 30.5 Å². The average molecular weight is 398 g/mol. The molecule has 1 saturated carbocycles. The van der Waals surface area contributed by atoms with E-state index in [4.69, 9.17) is 5.73 Å². The van der Waals surface area contributed by atoms with Crippen LogP contribution in [-0.4, -0.2) is 40.4 Å². The summed E-state index contributed by atoms with van der Waals surface area (Å²) in [4.78, 5) is 37.9. The van der Waals surface area contributed by atoms with Crippen LogP contribution < -0.4 is 16.6 Å². The first kappa shape index (κ1) is 19.3. The summed E-state index contributed by atoms with van der Waals surface area (Å²) in [5.41, 5.74) is 5.62. The van der Waals surface area contributed by atoms with Crippen molar-refractivity contribution in [3.8, 4) is 5.69 Å². The van der Waals surface area contributed by atoms with Crippen molar-refractivity contribution >= 4 is 17.5 Å². The number of pyridine rings is 1. The molecule has 1 aliphatic carbocycles. The molecule has 1 aromatic carbocycles. The lowest BCUT2D eigenvalue weighted by molar-refractivity contribution is -0.123. The molecule has 4 rings (SSSR count). The van der Waals surface area contributed by atoms with Crippen molar-refractivity contribution in [3.63, 3.8) is 0 Å². The van der Waals surface area contributed by atoms with Gasteiger partial charge in [0, 0.05) is 24.9 Å². The monoisotopic (exact) mass is 398 g/mol. The number of nitrogens with one attached hydrogen (secondary N) is 1. The molecular formula is C21H23FN4O3. The minimum atomic E-state index is -0.643. The van der Waals surface area contributed by atoms with Gasteiger partial charge in [-0.2, -0.15) is 0 Å². The summed E-state index contributed by atoms with van der Waals surface area (Å²) in [5, 5.41) is 2.55. The van der Waals surface area contributed by atoms with Crippen molar-refractivity contribution in [1.82, 2.24) is 9.47 Å². The highest BCUT2D eigenvalue weighted by atomic mass is 19.1. The maximum Gasteiger partial charge on any atom is 0.255 e. The van der Waals surface area contributed by atoms with Crippen LogP contribution in [0.4, 0.5) is 10.1 Å². The Morgan fingerprint density at radius 2 is 1.97 bits per heavy atom. The molecule has 2 heterocycles. The second-order valence-electron chi connectivity index (χ2n) is 7.80. The van der Waals surface area contributed by atoms with Gasteiger partial charge in [0.1, 0.15) is 5.82 Å². The number of benzene rings is 1. The Labute approximate surface area is 167 Å². The van der Waals surface area contributed by atoms with E-state index in [0.717, 1.165) is 12.8 Å². The predicted molar refractivity (Wildman–Crippen MR) is 106 cm³/mol.